The Hall–Kier alpha value is -0.120. The third-order valence-corrected chi connectivity index (χ3v) is 2.85. The van der Waals surface area contributed by atoms with Crippen molar-refractivity contribution in [3.8, 4) is 0 Å². The highest BCUT2D eigenvalue weighted by molar-refractivity contribution is 9.10. The van der Waals surface area contributed by atoms with E-state index in [1.807, 2.05) is 12.1 Å². The molecular formula is C10H14BrClN2. The molecule has 1 aromatic heterocycles. The van der Waals surface area contributed by atoms with Gasteiger partial charge in [-0.15, -0.1) is 12.4 Å². The molecule has 1 N–H and O–H groups in total. The Labute approximate surface area is 99.0 Å². The van der Waals surface area contributed by atoms with Crippen LogP contribution in [0, 0.1) is 0 Å². The standard InChI is InChI=1S/C10H13BrN2.ClH/c11-10-6-3-5-9(13-10)8-4-1-2-7-12-8;/h3,5-6,8,12H,1-2,4,7H2;1H/t8-;/m1./s1. The van der Waals surface area contributed by atoms with Gasteiger partial charge in [0.1, 0.15) is 4.60 Å². The molecular weight excluding hydrogens is 263 g/mol. The van der Waals surface area contributed by atoms with Crippen molar-refractivity contribution in [1.82, 2.24) is 10.3 Å². The summed E-state index contributed by atoms with van der Waals surface area (Å²) >= 11 is 3.39. The molecule has 1 aliphatic heterocycles. The van der Waals surface area contributed by atoms with Crippen molar-refractivity contribution >= 4 is 28.3 Å². The lowest BCUT2D eigenvalue weighted by molar-refractivity contribution is 0.405. The summed E-state index contributed by atoms with van der Waals surface area (Å²) in [7, 11) is 0. The Morgan fingerprint density at radius 2 is 2.21 bits per heavy atom. The Morgan fingerprint density at radius 1 is 1.36 bits per heavy atom. The highest BCUT2D eigenvalue weighted by Crippen LogP contribution is 2.22. The lowest BCUT2D eigenvalue weighted by Crippen LogP contribution is -2.27. The fraction of sp³-hybridized carbons (Fsp3) is 0.500. The largest absolute Gasteiger partial charge is 0.309 e. The summed E-state index contributed by atoms with van der Waals surface area (Å²) in [6, 6.07) is 6.56. The SMILES string of the molecule is Brc1cccc([C@H]2CCCCN2)n1.Cl. The van der Waals surface area contributed by atoms with Gasteiger partial charge in [0, 0.05) is 6.04 Å². The Bertz CT molecular complexity index is 287. The molecule has 1 saturated heterocycles. The number of hydrogen-bond acceptors (Lipinski definition) is 2. The molecule has 0 amide bonds. The lowest BCUT2D eigenvalue weighted by Gasteiger charge is -2.22. The molecule has 2 heterocycles. The molecule has 78 valence electrons. The number of pyridine rings is 1. The first kappa shape index (κ1) is 12.0. The molecule has 1 aliphatic rings. The Morgan fingerprint density at radius 3 is 2.86 bits per heavy atom. The molecule has 1 atom stereocenters. The molecule has 0 radical (unpaired) electrons. The summed E-state index contributed by atoms with van der Waals surface area (Å²) in [5.41, 5.74) is 1.16. The zero-order valence-corrected chi connectivity index (χ0v) is 10.3. The molecule has 14 heavy (non-hydrogen) atoms. The molecule has 0 saturated carbocycles. The number of nitrogens with zero attached hydrogens (tertiary/aromatic N) is 1. The molecule has 0 aromatic carbocycles. The van der Waals surface area contributed by atoms with Gasteiger partial charge in [-0.1, -0.05) is 12.5 Å². The number of aromatic nitrogens is 1. The van der Waals surface area contributed by atoms with Gasteiger partial charge in [-0.05, 0) is 47.4 Å². The second-order valence-corrected chi connectivity index (χ2v) is 4.20. The van der Waals surface area contributed by atoms with Crippen LogP contribution < -0.4 is 5.32 Å². The first-order valence-electron chi connectivity index (χ1n) is 4.72. The highest BCUT2D eigenvalue weighted by atomic mass is 79.9. The van der Waals surface area contributed by atoms with Gasteiger partial charge in [-0.3, -0.25) is 0 Å². The minimum atomic E-state index is 0. The van der Waals surface area contributed by atoms with Crippen molar-refractivity contribution < 1.29 is 0 Å². The molecule has 0 aliphatic carbocycles. The van der Waals surface area contributed by atoms with Crippen LogP contribution in [0.4, 0.5) is 0 Å². The van der Waals surface area contributed by atoms with Crippen molar-refractivity contribution in [2.45, 2.75) is 25.3 Å². The smallest absolute Gasteiger partial charge is 0.106 e. The van der Waals surface area contributed by atoms with E-state index < -0.39 is 0 Å². The summed E-state index contributed by atoms with van der Waals surface area (Å²) in [4.78, 5) is 4.45. The van der Waals surface area contributed by atoms with Crippen molar-refractivity contribution in [1.29, 1.82) is 0 Å². The van der Waals surface area contributed by atoms with Crippen LogP contribution >= 0.6 is 28.3 Å². The first-order valence-corrected chi connectivity index (χ1v) is 5.51. The minimum Gasteiger partial charge on any atom is -0.309 e. The lowest BCUT2D eigenvalue weighted by atomic mass is 10.0. The van der Waals surface area contributed by atoms with E-state index in [9.17, 15) is 0 Å². The maximum absolute atomic E-state index is 4.45. The minimum absolute atomic E-state index is 0. The van der Waals surface area contributed by atoms with Gasteiger partial charge in [0.05, 0.1) is 5.69 Å². The number of rotatable bonds is 1. The molecule has 1 aromatic rings. The Kier molecular flexibility index (Phi) is 4.85. The van der Waals surface area contributed by atoms with Gasteiger partial charge in [-0.2, -0.15) is 0 Å². The van der Waals surface area contributed by atoms with Crippen molar-refractivity contribution in [3.05, 3.63) is 28.5 Å². The molecule has 1 fully saturated rings. The van der Waals surface area contributed by atoms with Crippen LogP contribution in [0.2, 0.25) is 0 Å². The van der Waals surface area contributed by atoms with Gasteiger partial charge in [0.2, 0.25) is 0 Å². The maximum Gasteiger partial charge on any atom is 0.106 e. The van der Waals surface area contributed by atoms with E-state index in [0.717, 1.165) is 16.8 Å². The molecule has 2 nitrogen and oxygen atoms in total. The van der Waals surface area contributed by atoms with Crippen molar-refractivity contribution in [3.63, 3.8) is 0 Å². The Balaban J connectivity index is 0.000000980. The van der Waals surface area contributed by atoms with E-state index in [4.69, 9.17) is 0 Å². The van der Waals surface area contributed by atoms with E-state index in [1.54, 1.807) is 0 Å². The molecule has 2 rings (SSSR count). The van der Waals surface area contributed by atoms with Crippen LogP contribution in [0.1, 0.15) is 31.0 Å². The van der Waals surface area contributed by atoms with Gasteiger partial charge in [0.25, 0.3) is 0 Å². The predicted octanol–water partition coefficient (Wildman–Crippen LogP) is 3.08. The summed E-state index contributed by atoms with van der Waals surface area (Å²) < 4.78 is 0.928. The maximum atomic E-state index is 4.45. The van der Waals surface area contributed by atoms with E-state index >= 15 is 0 Å². The fourth-order valence-corrected chi connectivity index (χ4v) is 2.08. The second kappa shape index (κ2) is 5.69. The van der Waals surface area contributed by atoms with Crippen LogP contribution in [0.5, 0.6) is 0 Å². The number of piperidine rings is 1. The average molecular weight is 278 g/mol. The van der Waals surface area contributed by atoms with E-state index in [2.05, 4.69) is 32.3 Å². The summed E-state index contributed by atoms with van der Waals surface area (Å²) in [6.07, 6.45) is 3.82. The normalized spacial score (nSPS) is 21.4. The summed E-state index contributed by atoms with van der Waals surface area (Å²) in [5, 5.41) is 3.48. The van der Waals surface area contributed by atoms with E-state index in [0.29, 0.717) is 6.04 Å². The average Bonchev–Trinajstić information content (AvgIpc) is 2.19. The quantitative estimate of drug-likeness (QED) is 0.798. The van der Waals surface area contributed by atoms with Crippen LogP contribution in [0.15, 0.2) is 22.8 Å². The topological polar surface area (TPSA) is 24.9 Å². The zero-order chi connectivity index (χ0) is 9.10. The number of hydrogen-bond donors (Lipinski definition) is 1. The van der Waals surface area contributed by atoms with Crippen LogP contribution in [0.3, 0.4) is 0 Å². The van der Waals surface area contributed by atoms with Gasteiger partial charge >= 0.3 is 0 Å². The third kappa shape index (κ3) is 2.94. The predicted molar refractivity (Wildman–Crippen MR) is 63.8 cm³/mol. The van der Waals surface area contributed by atoms with Crippen LogP contribution in [0.25, 0.3) is 0 Å². The van der Waals surface area contributed by atoms with Gasteiger partial charge in [-0.25, -0.2) is 4.98 Å². The third-order valence-electron chi connectivity index (χ3n) is 2.40. The summed E-state index contributed by atoms with van der Waals surface area (Å²) in [6.45, 7) is 1.12. The summed E-state index contributed by atoms with van der Waals surface area (Å²) in [5.74, 6) is 0. The first-order chi connectivity index (χ1) is 6.36. The highest BCUT2D eigenvalue weighted by Gasteiger charge is 2.15. The van der Waals surface area contributed by atoms with E-state index in [-0.39, 0.29) is 12.4 Å². The van der Waals surface area contributed by atoms with Gasteiger partial charge in [0.15, 0.2) is 0 Å². The molecule has 0 unspecified atom stereocenters. The van der Waals surface area contributed by atoms with Crippen LogP contribution in [-0.2, 0) is 0 Å². The van der Waals surface area contributed by atoms with Crippen molar-refractivity contribution in [2.75, 3.05) is 6.54 Å². The van der Waals surface area contributed by atoms with E-state index in [1.165, 1.54) is 19.3 Å². The second-order valence-electron chi connectivity index (χ2n) is 3.39. The van der Waals surface area contributed by atoms with Gasteiger partial charge < -0.3 is 5.32 Å². The molecule has 0 bridgehead atoms. The number of halogens is 2. The molecule has 0 spiro atoms. The monoisotopic (exact) mass is 276 g/mol. The zero-order valence-electron chi connectivity index (χ0n) is 7.87. The fourth-order valence-electron chi connectivity index (χ4n) is 1.72. The number of nitrogens with one attached hydrogen (secondary N) is 1. The molecule has 4 heteroatoms. The van der Waals surface area contributed by atoms with Crippen molar-refractivity contribution in [2.24, 2.45) is 0 Å². The van der Waals surface area contributed by atoms with Crippen LogP contribution in [-0.4, -0.2) is 11.5 Å².